The van der Waals surface area contributed by atoms with Crippen molar-refractivity contribution in [3.05, 3.63) is 0 Å². The molecular weight excluding hydrogens is 184 g/mol. The minimum absolute atomic E-state index is 0.204. The molecule has 1 amide bonds. The number of carbonyl (C=O) groups excluding carboxylic acids is 1. The molecule has 0 saturated carbocycles. The molecule has 0 unspecified atom stereocenters. The number of nitrogens with one attached hydrogen (secondary N) is 2. The molecule has 1 saturated heterocycles. The minimum atomic E-state index is 0.204. The summed E-state index contributed by atoms with van der Waals surface area (Å²) in [5.41, 5.74) is 0. The molecule has 0 bridgehead atoms. The number of hydrogen-bond donors (Lipinski definition) is 2. The van der Waals surface area contributed by atoms with E-state index in [1.165, 1.54) is 0 Å². The van der Waals surface area contributed by atoms with Crippen LogP contribution in [0.5, 0.6) is 0 Å². The molecule has 0 aromatic heterocycles. The second-order valence-electron chi connectivity index (χ2n) is 3.33. The van der Waals surface area contributed by atoms with Gasteiger partial charge in [-0.1, -0.05) is 0 Å². The third kappa shape index (κ3) is 4.00. The maximum absolute atomic E-state index is 11.5. The van der Waals surface area contributed by atoms with E-state index in [1.807, 2.05) is 6.26 Å². The highest BCUT2D eigenvalue weighted by atomic mass is 32.2. The van der Waals surface area contributed by atoms with Gasteiger partial charge in [-0.25, -0.2) is 0 Å². The highest BCUT2D eigenvalue weighted by Crippen LogP contribution is 2.09. The van der Waals surface area contributed by atoms with Crippen LogP contribution in [0.3, 0.4) is 0 Å². The highest BCUT2D eigenvalue weighted by molar-refractivity contribution is 7.98. The quantitative estimate of drug-likeness (QED) is 0.651. The van der Waals surface area contributed by atoms with Gasteiger partial charge in [0.05, 0.1) is 5.92 Å². The number of carbonyl (C=O) groups is 1. The first-order valence-electron chi connectivity index (χ1n) is 4.82. The molecule has 2 N–H and O–H groups in total. The van der Waals surface area contributed by atoms with Crippen molar-refractivity contribution in [1.82, 2.24) is 10.6 Å². The van der Waals surface area contributed by atoms with E-state index in [0.29, 0.717) is 0 Å². The monoisotopic (exact) mass is 202 g/mol. The third-order valence-corrected chi connectivity index (χ3v) is 2.89. The SMILES string of the molecule is CSCCNC(=O)[C@H]1CCCNC1. The van der Waals surface area contributed by atoms with E-state index in [2.05, 4.69) is 10.6 Å². The van der Waals surface area contributed by atoms with Crippen LogP contribution >= 0.6 is 11.8 Å². The van der Waals surface area contributed by atoms with Crippen LogP contribution in [0.2, 0.25) is 0 Å². The Bertz CT molecular complexity index is 158. The number of thioether (sulfide) groups is 1. The predicted octanol–water partition coefficient (Wildman–Crippen LogP) is 0.465. The summed E-state index contributed by atoms with van der Waals surface area (Å²) in [6.45, 7) is 2.72. The Morgan fingerprint density at radius 2 is 2.54 bits per heavy atom. The molecule has 1 heterocycles. The van der Waals surface area contributed by atoms with Crippen molar-refractivity contribution in [3.63, 3.8) is 0 Å². The highest BCUT2D eigenvalue weighted by Gasteiger charge is 2.19. The van der Waals surface area contributed by atoms with Crippen molar-refractivity contribution in [2.24, 2.45) is 5.92 Å². The minimum Gasteiger partial charge on any atom is -0.355 e. The molecule has 0 aromatic carbocycles. The normalized spacial score (nSPS) is 22.7. The van der Waals surface area contributed by atoms with E-state index in [1.54, 1.807) is 11.8 Å². The average Bonchev–Trinajstić information content (AvgIpc) is 2.19. The molecule has 1 atom stereocenters. The molecule has 0 radical (unpaired) electrons. The van der Waals surface area contributed by atoms with Crippen LogP contribution in [-0.2, 0) is 4.79 Å². The zero-order valence-electron chi connectivity index (χ0n) is 8.14. The lowest BCUT2D eigenvalue weighted by Gasteiger charge is -2.21. The van der Waals surface area contributed by atoms with Gasteiger partial charge in [0.15, 0.2) is 0 Å². The van der Waals surface area contributed by atoms with Gasteiger partial charge >= 0.3 is 0 Å². The van der Waals surface area contributed by atoms with Gasteiger partial charge in [0.1, 0.15) is 0 Å². The lowest BCUT2D eigenvalue weighted by Crippen LogP contribution is -2.41. The molecular formula is C9H18N2OS. The zero-order valence-corrected chi connectivity index (χ0v) is 8.95. The molecule has 1 aliphatic heterocycles. The Balaban J connectivity index is 2.13. The standard InChI is InChI=1S/C9H18N2OS/c1-13-6-5-11-9(12)8-3-2-4-10-7-8/h8,10H,2-7H2,1H3,(H,11,12)/t8-/m0/s1. The van der Waals surface area contributed by atoms with Crippen LogP contribution in [0.25, 0.3) is 0 Å². The summed E-state index contributed by atoms with van der Waals surface area (Å²) in [5, 5.41) is 6.19. The van der Waals surface area contributed by atoms with E-state index in [-0.39, 0.29) is 11.8 Å². The molecule has 0 spiro atoms. The summed E-state index contributed by atoms with van der Waals surface area (Å²) in [5.74, 6) is 1.43. The van der Waals surface area contributed by atoms with Gasteiger partial charge in [0.2, 0.25) is 5.91 Å². The van der Waals surface area contributed by atoms with Gasteiger partial charge in [0, 0.05) is 18.8 Å². The fourth-order valence-electron chi connectivity index (χ4n) is 1.50. The van der Waals surface area contributed by atoms with Crippen LogP contribution in [0, 0.1) is 5.92 Å². The summed E-state index contributed by atoms with van der Waals surface area (Å²) in [6, 6.07) is 0. The fraction of sp³-hybridized carbons (Fsp3) is 0.889. The Morgan fingerprint density at radius 1 is 1.69 bits per heavy atom. The first-order chi connectivity index (χ1) is 6.34. The van der Waals surface area contributed by atoms with Crippen molar-refractivity contribution in [3.8, 4) is 0 Å². The molecule has 0 aliphatic carbocycles. The lowest BCUT2D eigenvalue weighted by atomic mass is 9.99. The number of hydrogen-bond acceptors (Lipinski definition) is 3. The second-order valence-corrected chi connectivity index (χ2v) is 4.31. The second kappa shape index (κ2) is 6.27. The number of piperidine rings is 1. The largest absolute Gasteiger partial charge is 0.355 e. The molecule has 1 aliphatic rings. The first-order valence-corrected chi connectivity index (χ1v) is 6.21. The summed E-state index contributed by atoms with van der Waals surface area (Å²) in [4.78, 5) is 11.5. The first kappa shape index (κ1) is 10.9. The van der Waals surface area contributed by atoms with Gasteiger partial charge < -0.3 is 10.6 Å². The van der Waals surface area contributed by atoms with Crippen LogP contribution in [0.4, 0.5) is 0 Å². The molecule has 3 nitrogen and oxygen atoms in total. The van der Waals surface area contributed by atoms with E-state index in [0.717, 1.165) is 38.2 Å². The smallest absolute Gasteiger partial charge is 0.224 e. The summed E-state index contributed by atoms with van der Waals surface area (Å²) in [6.07, 6.45) is 4.22. The summed E-state index contributed by atoms with van der Waals surface area (Å²) >= 11 is 1.76. The number of amides is 1. The van der Waals surface area contributed by atoms with E-state index in [4.69, 9.17) is 0 Å². The van der Waals surface area contributed by atoms with Crippen LogP contribution in [0.1, 0.15) is 12.8 Å². The molecule has 4 heteroatoms. The summed E-state index contributed by atoms with van der Waals surface area (Å²) < 4.78 is 0. The Labute approximate surface area is 84.0 Å². The van der Waals surface area contributed by atoms with Gasteiger partial charge in [-0.2, -0.15) is 11.8 Å². The zero-order chi connectivity index (χ0) is 9.52. The summed E-state index contributed by atoms with van der Waals surface area (Å²) in [7, 11) is 0. The van der Waals surface area contributed by atoms with Crippen molar-refractivity contribution in [2.75, 3.05) is 31.6 Å². The van der Waals surface area contributed by atoms with Gasteiger partial charge in [-0.05, 0) is 25.6 Å². The number of rotatable bonds is 4. The van der Waals surface area contributed by atoms with Crippen LogP contribution in [0.15, 0.2) is 0 Å². The molecule has 1 fully saturated rings. The van der Waals surface area contributed by atoms with Crippen LogP contribution in [-0.4, -0.2) is 37.6 Å². The van der Waals surface area contributed by atoms with Crippen molar-refractivity contribution in [2.45, 2.75) is 12.8 Å². The Hall–Kier alpha value is -0.220. The van der Waals surface area contributed by atoms with Crippen molar-refractivity contribution in [1.29, 1.82) is 0 Å². The molecule has 13 heavy (non-hydrogen) atoms. The third-order valence-electron chi connectivity index (χ3n) is 2.27. The van der Waals surface area contributed by atoms with Gasteiger partial charge in [-0.15, -0.1) is 0 Å². The Morgan fingerprint density at radius 3 is 3.15 bits per heavy atom. The average molecular weight is 202 g/mol. The van der Waals surface area contributed by atoms with E-state index in [9.17, 15) is 4.79 Å². The molecule has 1 rings (SSSR count). The molecule has 76 valence electrons. The van der Waals surface area contributed by atoms with Crippen molar-refractivity contribution >= 4 is 17.7 Å². The molecule has 0 aromatic rings. The van der Waals surface area contributed by atoms with E-state index < -0.39 is 0 Å². The maximum atomic E-state index is 11.5. The topological polar surface area (TPSA) is 41.1 Å². The van der Waals surface area contributed by atoms with Gasteiger partial charge in [-0.3, -0.25) is 4.79 Å². The van der Waals surface area contributed by atoms with Crippen molar-refractivity contribution < 1.29 is 4.79 Å². The Kier molecular flexibility index (Phi) is 5.23. The predicted molar refractivity (Wildman–Crippen MR) is 57.0 cm³/mol. The van der Waals surface area contributed by atoms with Gasteiger partial charge in [0.25, 0.3) is 0 Å². The fourth-order valence-corrected chi connectivity index (χ4v) is 1.80. The maximum Gasteiger partial charge on any atom is 0.224 e. The van der Waals surface area contributed by atoms with E-state index >= 15 is 0 Å². The van der Waals surface area contributed by atoms with Crippen LogP contribution < -0.4 is 10.6 Å². The lowest BCUT2D eigenvalue weighted by molar-refractivity contribution is -0.125.